The number of halogens is 6. The Kier molecular flexibility index (Phi) is 7.12. The van der Waals surface area contributed by atoms with Crippen LogP contribution in [-0.2, 0) is 27.3 Å². The lowest BCUT2D eigenvalue weighted by Crippen LogP contribution is -2.51. The molecule has 1 fully saturated rings. The molecule has 3 rings (SSSR count). The first-order valence-electron chi connectivity index (χ1n) is 10.5. The SMILES string of the molecule is C[C@@H](OCC1(c2ccccc2)CC(C(=O)N(C)C=N)C1)c1cc(C(F)(F)F)cc(C(F)(F)F)c1. The fraction of sp³-hybridized carbons (Fsp3) is 0.417. The Morgan fingerprint density at radius 1 is 1.09 bits per heavy atom. The first-order valence-corrected chi connectivity index (χ1v) is 10.5. The van der Waals surface area contributed by atoms with Gasteiger partial charge in [-0.25, -0.2) is 0 Å². The van der Waals surface area contributed by atoms with Gasteiger partial charge in [0.1, 0.15) is 0 Å². The lowest BCUT2D eigenvalue weighted by molar-refractivity contribution is -0.143. The molecular formula is C24H24F6N2O2. The number of alkyl halides is 6. The third-order valence-corrected chi connectivity index (χ3v) is 6.24. The highest BCUT2D eigenvalue weighted by Crippen LogP contribution is 2.49. The fourth-order valence-electron chi connectivity index (χ4n) is 4.23. The first kappa shape index (κ1) is 25.7. The van der Waals surface area contributed by atoms with Crippen LogP contribution >= 0.6 is 0 Å². The van der Waals surface area contributed by atoms with Crippen LogP contribution in [-0.4, -0.2) is 30.8 Å². The number of hydrogen-bond acceptors (Lipinski definition) is 3. The van der Waals surface area contributed by atoms with E-state index in [-0.39, 0.29) is 30.1 Å². The van der Waals surface area contributed by atoms with Crippen LogP contribution in [0.25, 0.3) is 0 Å². The number of amides is 1. The molecule has 0 spiro atoms. The molecule has 2 aromatic rings. The number of nitrogens with one attached hydrogen (secondary N) is 1. The van der Waals surface area contributed by atoms with E-state index in [1.807, 2.05) is 30.3 Å². The molecule has 1 aliphatic rings. The van der Waals surface area contributed by atoms with Crippen LogP contribution in [0.15, 0.2) is 48.5 Å². The molecule has 0 aromatic heterocycles. The number of benzene rings is 2. The van der Waals surface area contributed by atoms with Gasteiger partial charge in [-0.2, -0.15) is 26.3 Å². The largest absolute Gasteiger partial charge is 0.416 e. The molecule has 0 radical (unpaired) electrons. The highest BCUT2D eigenvalue weighted by molar-refractivity contribution is 5.89. The summed E-state index contributed by atoms with van der Waals surface area (Å²) in [4.78, 5) is 13.6. The minimum Gasteiger partial charge on any atom is -0.373 e. The molecule has 0 unspecified atom stereocenters. The zero-order valence-electron chi connectivity index (χ0n) is 18.5. The van der Waals surface area contributed by atoms with E-state index in [4.69, 9.17) is 10.1 Å². The molecule has 1 aliphatic carbocycles. The summed E-state index contributed by atoms with van der Waals surface area (Å²) in [6.07, 6.45) is -9.25. The Bertz CT molecular complexity index is 998. The smallest absolute Gasteiger partial charge is 0.373 e. The molecule has 1 N–H and O–H groups in total. The summed E-state index contributed by atoms with van der Waals surface area (Å²) < 4.78 is 85.1. The summed E-state index contributed by atoms with van der Waals surface area (Å²) in [7, 11) is 1.47. The number of carbonyl (C=O) groups is 1. The number of nitrogens with zero attached hydrogens (tertiary/aromatic N) is 1. The van der Waals surface area contributed by atoms with Crippen LogP contribution in [0.2, 0.25) is 0 Å². The molecule has 1 saturated carbocycles. The predicted octanol–water partition coefficient (Wildman–Crippen LogP) is 6.22. The van der Waals surface area contributed by atoms with Gasteiger partial charge in [-0.05, 0) is 49.1 Å². The van der Waals surface area contributed by atoms with E-state index in [0.717, 1.165) is 11.9 Å². The van der Waals surface area contributed by atoms with Crippen LogP contribution in [0.1, 0.15) is 48.1 Å². The van der Waals surface area contributed by atoms with Crippen LogP contribution in [0.3, 0.4) is 0 Å². The molecule has 1 atom stereocenters. The van der Waals surface area contributed by atoms with Gasteiger partial charge in [-0.3, -0.25) is 10.2 Å². The minimum atomic E-state index is -4.94. The Hall–Kier alpha value is -2.88. The Morgan fingerprint density at radius 2 is 1.62 bits per heavy atom. The van der Waals surface area contributed by atoms with E-state index in [2.05, 4.69) is 0 Å². The van der Waals surface area contributed by atoms with Crippen molar-refractivity contribution in [3.05, 3.63) is 70.8 Å². The normalized spacial score (nSPS) is 21.5. The van der Waals surface area contributed by atoms with Crippen molar-refractivity contribution in [3.8, 4) is 0 Å². The molecule has 0 bridgehead atoms. The van der Waals surface area contributed by atoms with E-state index < -0.39 is 35.0 Å². The number of hydrogen-bond donors (Lipinski definition) is 1. The van der Waals surface area contributed by atoms with Crippen molar-refractivity contribution >= 4 is 12.2 Å². The summed E-state index contributed by atoms with van der Waals surface area (Å²) in [6.45, 7) is 1.41. The molecule has 1 amide bonds. The molecule has 34 heavy (non-hydrogen) atoms. The molecule has 4 nitrogen and oxygen atoms in total. The predicted molar refractivity (Wildman–Crippen MR) is 113 cm³/mol. The van der Waals surface area contributed by atoms with Crippen molar-refractivity contribution in [2.45, 2.75) is 43.6 Å². The lowest BCUT2D eigenvalue weighted by Gasteiger charge is -2.48. The average molecular weight is 486 g/mol. The molecule has 2 aromatic carbocycles. The van der Waals surface area contributed by atoms with Gasteiger partial charge in [0.25, 0.3) is 0 Å². The van der Waals surface area contributed by atoms with Crippen LogP contribution in [0.5, 0.6) is 0 Å². The van der Waals surface area contributed by atoms with Gasteiger partial charge in [0.15, 0.2) is 0 Å². The average Bonchev–Trinajstić information content (AvgIpc) is 2.76. The Labute approximate surface area is 193 Å². The van der Waals surface area contributed by atoms with Crippen LogP contribution in [0.4, 0.5) is 26.3 Å². The summed E-state index contributed by atoms with van der Waals surface area (Å²) in [6, 6.07) is 10.5. The second kappa shape index (κ2) is 9.40. The molecule has 0 saturated heterocycles. The Morgan fingerprint density at radius 3 is 2.09 bits per heavy atom. The molecule has 0 heterocycles. The molecule has 184 valence electrons. The quantitative estimate of drug-likeness (QED) is 0.287. The van der Waals surface area contributed by atoms with Gasteiger partial charge in [0.05, 0.1) is 30.2 Å². The number of ether oxygens (including phenoxy) is 1. The summed E-state index contributed by atoms with van der Waals surface area (Å²) in [5, 5.41) is 7.24. The second-order valence-electron chi connectivity index (χ2n) is 8.62. The fourth-order valence-corrected chi connectivity index (χ4v) is 4.23. The maximum atomic E-state index is 13.2. The van der Waals surface area contributed by atoms with Crippen LogP contribution < -0.4 is 0 Å². The van der Waals surface area contributed by atoms with Crippen LogP contribution in [0, 0.1) is 11.3 Å². The maximum Gasteiger partial charge on any atom is 0.416 e. The van der Waals surface area contributed by atoms with E-state index in [1.165, 1.54) is 18.9 Å². The van der Waals surface area contributed by atoms with Gasteiger partial charge >= 0.3 is 12.4 Å². The van der Waals surface area contributed by atoms with Crippen molar-refractivity contribution < 1.29 is 35.9 Å². The van der Waals surface area contributed by atoms with Gasteiger partial charge in [-0.15, -0.1) is 0 Å². The summed E-state index contributed by atoms with van der Waals surface area (Å²) >= 11 is 0. The minimum absolute atomic E-state index is 0.00780. The van der Waals surface area contributed by atoms with E-state index >= 15 is 0 Å². The van der Waals surface area contributed by atoms with Crippen molar-refractivity contribution in [2.75, 3.05) is 13.7 Å². The topological polar surface area (TPSA) is 53.4 Å². The van der Waals surface area contributed by atoms with Gasteiger partial charge in [0, 0.05) is 18.4 Å². The van der Waals surface area contributed by atoms with Crippen molar-refractivity contribution in [1.82, 2.24) is 4.90 Å². The third kappa shape index (κ3) is 5.43. The van der Waals surface area contributed by atoms with E-state index in [1.54, 1.807) is 0 Å². The highest BCUT2D eigenvalue weighted by Gasteiger charge is 2.49. The highest BCUT2D eigenvalue weighted by atomic mass is 19.4. The standard InChI is InChI=1S/C24H24F6N2O2/c1-15(16-8-19(23(25,26)27)10-20(9-16)24(28,29)30)34-13-22(18-6-4-3-5-7-18)11-17(12-22)21(33)32(2)14-31/h3-10,14-15,17,31H,11-13H2,1-2H3/t15-,17?,22?/m1/s1. The van der Waals surface area contributed by atoms with E-state index in [9.17, 15) is 31.1 Å². The van der Waals surface area contributed by atoms with Crippen molar-refractivity contribution in [3.63, 3.8) is 0 Å². The summed E-state index contributed by atoms with van der Waals surface area (Å²) in [5.41, 5.74) is -2.78. The van der Waals surface area contributed by atoms with Crippen molar-refractivity contribution in [1.29, 1.82) is 5.41 Å². The maximum absolute atomic E-state index is 13.2. The zero-order chi connectivity index (χ0) is 25.3. The summed E-state index contributed by atoms with van der Waals surface area (Å²) in [5.74, 6) is -0.599. The molecular weight excluding hydrogens is 462 g/mol. The molecule has 0 aliphatic heterocycles. The zero-order valence-corrected chi connectivity index (χ0v) is 18.5. The molecule has 10 heteroatoms. The van der Waals surface area contributed by atoms with Gasteiger partial charge < -0.3 is 9.64 Å². The first-order chi connectivity index (χ1) is 15.8. The number of rotatable bonds is 7. The van der Waals surface area contributed by atoms with Gasteiger partial charge in [-0.1, -0.05) is 30.3 Å². The third-order valence-electron chi connectivity index (χ3n) is 6.24. The van der Waals surface area contributed by atoms with Gasteiger partial charge in [0.2, 0.25) is 5.91 Å². The number of carbonyl (C=O) groups excluding carboxylic acids is 1. The van der Waals surface area contributed by atoms with Crippen molar-refractivity contribution in [2.24, 2.45) is 5.92 Å². The second-order valence-corrected chi connectivity index (χ2v) is 8.62. The monoisotopic (exact) mass is 486 g/mol. The Balaban J connectivity index is 1.84. The van der Waals surface area contributed by atoms with E-state index in [0.29, 0.717) is 25.0 Å². The lowest BCUT2D eigenvalue weighted by atomic mass is 9.58.